The second-order valence-electron chi connectivity index (χ2n) is 5.61. The molecule has 0 saturated carbocycles. The summed E-state index contributed by atoms with van der Waals surface area (Å²) in [5, 5.41) is 21.6. The Hall–Kier alpha value is -3.33. The summed E-state index contributed by atoms with van der Waals surface area (Å²) in [7, 11) is 1.33. The molecule has 0 fully saturated rings. The molecule has 1 aromatic carbocycles. The standard InChI is InChI=1S/C20H14N4O2S2/c1-26-20(25)13-5-2-4-12(8-13)11-28-19-15(10-22)17(16-6-3-7-27-16)14(9-21)18(23)24-19/h2-8H,11H2,1H3,(H2,23,24). The monoisotopic (exact) mass is 406 g/mol. The van der Waals surface area contributed by atoms with Crippen LogP contribution in [-0.4, -0.2) is 18.1 Å². The minimum atomic E-state index is -0.412. The van der Waals surface area contributed by atoms with E-state index in [2.05, 4.69) is 17.1 Å². The molecule has 6 nitrogen and oxygen atoms in total. The molecule has 138 valence electrons. The van der Waals surface area contributed by atoms with Crippen LogP contribution in [0.4, 0.5) is 5.82 Å². The van der Waals surface area contributed by atoms with Crippen molar-refractivity contribution in [3.05, 3.63) is 64.0 Å². The third kappa shape index (κ3) is 3.84. The van der Waals surface area contributed by atoms with Crippen molar-refractivity contribution in [1.82, 2.24) is 4.98 Å². The average Bonchev–Trinajstić information content (AvgIpc) is 3.25. The molecule has 0 amide bonds. The molecule has 0 bridgehead atoms. The van der Waals surface area contributed by atoms with E-state index in [9.17, 15) is 15.3 Å². The molecule has 8 heteroatoms. The number of carbonyl (C=O) groups is 1. The van der Waals surface area contributed by atoms with Crippen molar-refractivity contribution in [3.8, 4) is 22.6 Å². The maximum atomic E-state index is 11.7. The van der Waals surface area contributed by atoms with E-state index < -0.39 is 5.97 Å². The molecule has 3 aromatic rings. The van der Waals surface area contributed by atoms with E-state index in [1.807, 2.05) is 23.6 Å². The van der Waals surface area contributed by atoms with Gasteiger partial charge in [0.2, 0.25) is 0 Å². The molecule has 2 N–H and O–H groups in total. The SMILES string of the molecule is COC(=O)c1cccc(CSc2nc(N)c(C#N)c(-c3cccs3)c2C#N)c1. The Balaban J connectivity index is 1.99. The molecule has 2 heterocycles. The number of aromatic nitrogens is 1. The van der Waals surface area contributed by atoms with Gasteiger partial charge in [-0.2, -0.15) is 10.5 Å². The van der Waals surface area contributed by atoms with Gasteiger partial charge in [0.15, 0.2) is 0 Å². The third-order valence-corrected chi connectivity index (χ3v) is 5.84. The molecule has 0 aliphatic rings. The Labute approximate surface area is 170 Å². The zero-order chi connectivity index (χ0) is 20.1. The summed E-state index contributed by atoms with van der Waals surface area (Å²) in [6, 6.07) is 15.0. The predicted molar refractivity (Wildman–Crippen MR) is 109 cm³/mol. The van der Waals surface area contributed by atoms with Crippen LogP contribution in [0.15, 0.2) is 46.8 Å². The summed E-state index contributed by atoms with van der Waals surface area (Å²) in [4.78, 5) is 16.8. The van der Waals surface area contributed by atoms with Gasteiger partial charge in [-0.05, 0) is 29.1 Å². The van der Waals surface area contributed by atoms with Crippen LogP contribution < -0.4 is 5.73 Å². The first-order chi connectivity index (χ1) is 13.6. The van der Waals surface area contributed by atoms with Crippen LogP contribution in [0.5, 0.6) is 0 Å². The minimum Gasteiger partial charge on any atom is -0.465 e. The van der Waals surface area contributed by atoms with E-state index in [1.165, 1.54) is 30.2 Å². The first-order valence-corrected chi connectivity index (χ1v) is 9.93. The van der Waals surface area contributed by atoms with Gasteiger partial charge in [-0.1, -0.05) is 18.2 Å². The van der Waals surface area contributed by atoms with Crippen molar-refractivity contribution < 1.29 is 9.53 Å². The number of nitriles is 2. The van der Waals surface area contributed by atoms with Crippen LogP contribution in [0, 0.1) is 22.7 Å². The topological polar surface area (TPSA) is 113 Å². The highest BCUT2D eigenvalue weighted by Crippen LogP contribution is 2.38. The molecular formula is C20H14N4O2S2. The smallest absolute Gasteiger partial charge is 0.337 e. The zero-order valence-electron chi connectivity index (χ0n) is 14.8. The van der Waals surface area contributed by atoms with Gasteiger partial charge in [-0.3, -0.25) is 0 Å². The van der Waals surface area contributed by atoms with Gasteiger partial charge in [-0.25, -0.2) is 9.78 Å². The predicted octanol–water partition coefficient (Wildman–Crippen LogP) is 4.21. The van der Waals surface area contributed by atoms with E-state index in [4.69, 9.17) is 10.5 Å². The number of nitrogens with two attached hydrogens (primary N) is 1. The normalized spacial score (nSPS) is 10.1. The number of pyridine rings is 1. The van der Waals surface area contributed by atoms with E-state index >= 15 is 0 Å². The van der Waals surface area contributed by atoms with Crippen LogP contribution >= 0.6 is 23.1 Å². The van der Waals surface area contributed by atoms with Gasteiger partial charge in [-0.15, -0.1) is 23.1 Å². The lowest BCUT2D eigenvalue weighted by molar-refractivity contribution is 0.0600. The number of anilines is 1. The molecule has 0 atom stereocenters. The molecule has 2 aromatic heterocycles. The lowest BCUT2D eigenvalue weighted by Gasteiger charge is -2.12. The zero-order valence-corrected chi connectivity index (χ0v) is 16.4. The van der Waals surface area contributed by atoms with Crippen molar-refractivity contribution in [1.29, 1.82) is 10.5 Å². The number of thiophene rings is 1. The summed E-state index contributed by atoms with van der Waals surface area (Å²) in [5.41, 5.74) is 8.36. The number of nitrogen functional groups attached to an aromatic ring is 1. The molecule has 0 spiro atoms. The fourth-order valence-corrected chi connectivity index (χ4v) is 4.35. The first kappa shape index (κ1) is 19.4. The fourth-order valence-electron chi connectivity index (χ4n) is 2.63. The molecule has 0 aliphatic heterocycles. The summed E-state index contributed by atoms with van der Waals surface area (Å²) < 4.78 is 4.74. The lowest BCUT2D eigenvalue weighted by atomic mass is 10.0. The van der Waals surface area contributed by atoms with Gasteiger partial charge in [0.1, 0.15) is 28.5 Å². The second-order valence-corrected chi connectivity index (χ2v) is 7.52. The van der Waals surface area contributed by atoms with Crippen molar-refractivity contribution in [3.63, 3.8) is 0 Å². The van der Waals surface area contributed by atoms with Gasteiger partial charge in [0, 0.05) is 16.2 Å². The van der Waals surface area contributed by atoms with Crippen molar-refractivity contribution >= 4 is 34.9 Å². The fraction of sp³-hybridized carbons (Fsp3) is 0.100. The number of hydrogen-bond acceptors (Lipinski definition) is 8. The Morgan fingerprint density at radius 1 is 1.25 bits per heavy atom. The third-order valence-electron chi connectivity index (χ3n) is 3.91. The Kier molecular flexibility index (Phi) is 5.95. The number of esters is 1. The number of rotatable bonds is 5. The summed E-state index contributed by atoms with van der Waals surface area (Å²) in [6.07, 6.45) is 0. The molecular weight excluding hydrogens is 392 g/mol. The maximum absolute atomic E-state index is 11.7. The van der Waals surface area contributed by atoms with E-state index in [1.54, 1.807) is 18.2 Å². The average molecular weight is 406 g/mol. The van der Waals surface area contributed by atoms with Crippen molar-refractivity contribution in [2.24, 2.45) is 0 Å². The molecule has 3 rings (SSSR count). The number of benzene rings is 1. The van der Waals surface area contributed by atoms with Crippen LogP contribution in [0.25, 0.3) is 10.4 Å². The van der Waals surface area contributed by atoms with Crippen LogP contribution in [0.2, 0.25) is 0 Å². The largest absolute Gasteiger partial charge is 0.465 e. The molecule has 28 heavy (non-hydrogen) atoms. The van der Waals surface area contributed by atoms with Crippen LogP contribution in [0.1, 0.15) is 27.0 Å². The molecule has 0 unspecified atom stereocenters. The number of ether oxygens (including phenoxy) is 1. The highest BCUT2D eigenvalue weighted by molar-refractivity contribution is 7.98. The van der Waals surface area contributed by atoms with Crippen LogP contribution in [-0.2, 0) is 10.5 Å². The van der Waals surface area contributed by atoms with Crippen molar-refractivity contribution in [2.45, 2.75) is 10.8 Å². The summed E-state index contributed by atoms with van der Waals surface area (Å²) in [6.45, 7) is 0. The lowest BCUT2D eigenvalue weighted by Crippen LogP contribution is -2.03. The quantitative estimate of drug-likeness (QED) is 0.498. The highest BCUT2D eigenvalue weighted by atomic mass is 32.2. The summed E-state index contributed by atoms with van der Waals surface area (Å²) >= 11 is 2.76. The van der Waals surface area contributed by atoms with Crippen LogP contribution in [0.3, 0.4) is 0 Å². The van der Waals surface area contributed by atoms with E-state index in [-0.39, 0.29) is 11.4 Å². The Morgan fingerprint density at radius 2 is 2.04 bits per heavy atom. The van der Waals surface area contributed by atoms with Crippen molar-refractivity contribution in [2.75, 3.05) is 12.8 Å². The Morgan fingerprint density at radius 3 is 2.68 bits per heavy atom. The first-order valence-electron chi connectivity index (χ1n) is 8.06. The minimum absolute atomic E-state index is 0.0933. The van der Waals surface area contributed by atoms with E-state index in [0.717, 1.165) is 10.4 Å². The number of nitrogens with zero attached hydrogens (tertiary/aromatic N) is 3. The van der Waals surface area contributed by atoms with Gasteiger partial charge in [0.25, 0.3) is 0 Å². The number of hydrogen-bond donors (Lipinski definition) is 1. The van der Waals surface area contributed by atoms with Gasteiger partial charge in [0.05, 0.1) is 18.2 Å². The van der Waals surface area contributed by atoms with E-state index in [0.29, 0.717) is 27.5 Å². The number of methoxy groups -OCH3 is 1. The van der Waals surface area contributed by atoms with Gasteiger partial charge >= 0.3 is 5.97 Å². The molecule has 0 saturated heterocycles. The summed E-state index contributed by atoms with van der Waals surface area (Å²) in [5.74, 6) is 0.155. The Bertz CT molecular complexity index is 1110. The number of thioether (sulfide) groups is 1. The highest BCUT2D eigenvalue weighted by Gasteiger charge is 2.21. The molecule has 0 radical (unpaired) electrons. The van der Waals surface area contributed by atoms with Gasteiger partial charge < -0.3 is 10.5 Å². The molecule has 0 aliphatic carbocycles. The maximum Gasteiger partial charge on any atom is 0.337 e. The number of carbonyl (C=O) groups excluding carboxylic acids is 1. The second kappa shape index (κ2) is 8.57.